The van der Waals surface area contributed by atoms with Gasteiger partial charge in [0.1, 0.15) is 11.5 Å². The number of amides is 1. The quantitative estimate of drug-likeness (QED) is 0.634. The van der Waals surface area contributed by atoms with Crippen molar-refractivity contribution in [1.29, 1.82) is 0 Å². The molecule has 0 saturated carbocycles. The third-order valence-corrected chi connectivity index (χ3v) is 3.45. The minimum atomic E-state index is -0.569. The number of ether oxygens (including phenoxy) is 2. The Morgan fingerprint density at radius 3 is 2.13 bits per heavy atom. The lowest BCUT2D eigenvalue weighted by molar-refractivity contribution is 0.0995. The van der Waals surface area contributed by atoms with E-state index in [-0.39, 0.29) is 5.69 Å². The van der Waals surface area contributed by atoms with E-state index in [1.807, 2.05) is 23.6 Å². The lowest BCUT2D eigenvalue weighted by Gasteiger charge is -2.25. The SMILES string of the molecule is CCN(CCOC)c1cc(C(N)=O)nc(N(CC)CCOC)n1. The first-order valence-corrected chi connectivity index (χ1v) is 7.73. The molecule has 1 amide bonds. The van der Waals surface area contributed by atoms with Gasteiger partial charge >= 0.3 is 0 Å². The van der Waals surface area contributed by atoms with Gasteiger partial charge in [-0.2, -0.15) is 4.98 Å². The molecular formula is C15H27N5O3. The molecule has 2 N–H and O–H groups in total. The number of carbonyl (C=O) groups excluding carboxylic acids is 1. The molecule has 1 rings (SSSR count). The monoisotopic (exact) mass is 325 g/mol. The summed E-state index contributed by atoms with van der Waals surface area (Å²) in [5, 5.41) is 0. The predicted molar refractivity (Wildman–Crippen MR) is 90.1 cm³/mol. The van der Waals surface area contributed by atoms with E-state index in [4.69, 9.17) is 15.2 Å². The second kappa shape index (κ2) is 9.96. The summed E-state index contributed by atoms with van der Waals surface area (Å²) < 4.78 is 10.2. The molecule has 8 nitrogen and oxygen atoms in total. The van der Waals surface area contributed by atoms with Gasteiger partial charge in [-0.15, -0.1) is 0 Å². The molecule has 130 valence electrons. The zero-order valence-electron chi connectivity index (χ0n) is 14.4. The van der Waals surface area contributed by atoms with Crippen LogP contribution >= 0.6 is 0 Å². The molecule has 0 unspecified atom stereocenters. The number of nitrogens with two attached hydrogens (primary N) is 1. The number of likely N-dealkylation sites (N-methyl/N-ethyl adjacent to an activating group) is 2. The molecule has 0 aliphatic heterocycles. The van der Waals surface area contributed by atoms with Crippen LogP contribution in [0.3, 0.4) is 0 Å². The van der Waals surface area contributed by atoms with Crippen molar-refractivity contribution >= 4 is 17.7 Å². The van der Waals surface area contributed by atoms with Crippen LogP contribution in [0.2, 0.25) is 0 Å². The second-order valence-electron chi connectivity index (χ2n) is 4.92. The van der Waals surface area contributed by atoms with Crippen LogP contribution in [-0.4, -0.2) is 69.5 Å². The van der Waals surface area contributed by atoms with Crippen LogP contribution < -0.4 is 15.5 Å². The molecule has 23 heavy (non-hydrogen) atoms. The summed E-state index contributed by atoms with van der Waals surface area (Å²) in [6.07, 6.45) is 0. The van der Waals surface area contributed by atoms with Crippen molar-refractivity contribution in [3.8, 4) is 0 Å². The van der Waals surface area contributed by atoms with E-state index in [0.29, 0.717) is 44.6 Å². The van der Waals surface area contributed by atoms with E-state index < -0.39 is 5.91 Å². The Bertz CT molecular complexity index is 464. The van der Waals surface area contributed by atoms with Gasteiger partial charge in [0.05, 0.1) is 13.2 Å². The van der Waals surface area contributed by atoms with Crippen molar-refractivity contribution in [2.45, 2.75) is 13.8 Å². The first kappa shape index (κ1) is 19.1. The number of hydrogen-bond acceptors (Lipinski definition) is 7. The van der Waals surface area contributed by atoms with Crippen LogP contribution in [0.1, 0.15) is 24.3 Å². The number of hydrogen-bond donors (Lipinski definition) is 1. The Morgan fingerprint density at radius 1 is 1.09 bits per heavy atom. The average molecular weight is 325 g/mol. The Balaban J connectivity index is 3.16. The molecule has 0 aliphatic carbocycles. The van der Waals surface area contributed by atoms with E-state index in [0.717, 1.165) is 6.54 Å². The first-order valence-electron chi connectivity index (χ1n) is 7.73. The number of nitrogens with zero attached hydrogens (tertiary/aromatic N) is 4. The molecule has 0 radical (unpaired) electrons. The zero-order chi connectivity index (χ0) is 17.2. The summed E-state index contributed by atoms with van der Waals surface area (Å²) >= 11 is 0. The smallest absolute Gasteiger partial charge is 0.267 e. The lowest BCUT2D eigenvalue weighted by atomic mass is 10.3. The van der Waals surface area contributed by atoms with Crippen molar-refractivity contribution in [3.05, 3.63) is 11.8 Å². The van der Waals surface area contributed by atoms with Crippen LogP contribution in [0, 0.1) is 0 Å². The van der Waals surface area contributed by atoms with Crippen LogP contribution in [0.25, 0.3) is 0 Å². The van der Waals surface area contributed by atoms with E-state index >= 15 is 0 Å². The molecule has 1 aromatic heterocycles. The Kier molecular flexibility index (Phi) is 8.28. The average Bonchev–Trinajstić information content (AvgIpc) is 2.56. The number of methoxy groups -OCH3 is 2. The highest BCUT2D eigenvalue weighted by Gasteiger charge is 2.16. The van der Waals surface area contributed by atoms with Gasteiger partial charge in [0.25, 0.3) is 5.91 Å². The van der Waals surface area contributed by atoms with Crippen molar-refractivity contribution in [2.24, 2.45) is 5.73 Å². The molecule has 0 fully saturated rings. The fourth-order valence-electron chi connectivity index (χ4n) is 2.09. The predicted octanol–water partition coefficient (Wildman–Crippen LogP) is 0.521. The number of carbonyl (C=O) groups is 1. The second-order valence-corrected chi connectivity index (χ2v) is 4.92. The number of anilines is 2. The topological polar surface area (TPSA) is 93.8 Å². The van der Waals surface area contributed by atoms with Crippen LogP contribution in [0.4, 0.5) is 11.8 Å². The summed E-state index contributed by atoms with van der Waals surface area (Å²) in [6, 6.07) is 1.62. The van der Waals surface area contributed by atoms with Crippen molar-refractivity contribution in [1.82, 2.24) is 9.97 Å². The molecule has 0 saturated heterocycles. The number of primary amides is 1. The third kappa shape index (κ3) is 5.65. The maximum Gasteiger partial charge on any atom is 0.267 e. The van der Waals surface area contributed by atoms with Gasteiger partial charge in [0, 0.05) is 46.5 Å². The van der Waals surface area contributed by atoms with E-state index in [1.54, 1.807) is 20.3 Å². The van der Waals surface area contributed by atoms with E-state index in [9.17, 15) is 4.79 Å². The molecule has 0 spiro atoms. The van der Waals surface area contributed by atoms with Crippen molar-refractivity contribution < 1.29 is 14.3 Å². The van der Waals surface area contributed by atoms with Crippen molar-refractivity contribution in [3.63, 3.8) is 0 Å². The summed E-state index contributed by atoms with van der Waals surface area (Å²) in [5.41, 5.74) is 5.62. The minimum Gasteiger partial charge on any atom is -0.383 e. The molecule has 0 aliphatic rings. The number of aromatic nitrogens is 2. The highest BCUT2D eigenvalue weighted by atomic mass is 16.5. The summed E-state index contributed by atoms with van der Waals surface area (Å²) in [5.74, 6) is 0.575. The number of rotatable bonds is 11. The molecule has 8 heteroatoms. The first-order chi connectivity index (χ1) is 11.1. The third-order valence-electron chi connectivity index (χ3n) is 3.45. The Labute approximate surface area is 137 Å². The standard InChI is InChI=1S/C15H27N5O3/c1-5-19(7-9-22-3)13-11-12(14(16)21)17-15(18-13)20(6-2)8-10-23-4/h11H,5-10H2,1-4H3,(H2,16,21). The minimum absolute atomic E-state index is 0.205. The maximum atomic E-state index is 11.6. The molecule has 1 heterocycles. The normalized spacial score (nSPS) is 10.6. The van der Waals surface area contributed by atoms with E-state index in [2.05, 4.69) is 9.97 Å². The lowest BCUT2D eigenvalue weighted by Crippen LogP contribution is -2.32. The van der Waals surface area contributed by atoms with Gasteiger partial charge in [-0.25, -0.2) is 4.98 Å². The van der Waals surface area contributed by atoms with Gasteiger partial charge in [-0.05, 0) is 13.8 Å². The fourth-order valence-corrected chi connectivity index (χ4v) is 2.09. The fraction of sp³-hybridized carbons (Fsp3) is 0.667. The van der Waals surface area contributed by atoms with Crippen LogP contribution in [0.15, 0.2) is 6.07 Å². The summed E-state index contributed by atoms with van der Waals surface area (Å²) in [4.78, 5) is 24.4. The van der Waals surface area contributed by atoms with E-state index in [1.165, 1.54) is 0 Å². The highest BCUT2D eigenvalue weighted by Crippen LogP contribution is 2.17. The van der Waals surface area contributed by atoms with Crippen LogP contribution in [-0.2, 0) is 9.47 Å². The molecule has 0 bridgehead atoms. The van der Waals surface area contributed by atoms with Gasteiger partial charge in [0.15, 0.2) is 0 Å². The highest BCUT2D eigenvalue weighted by molar-refractivity contribution is 5.91. The molecular weight excluding hydrogens is 298 g/mol. The summed E-state index contributed by atoms with van der Waals surface area (Å²) in [7, 11) is 3.29. The summed E-state index contributed by atoms with van der Waals surface area (Å²) in [6.45, 7) is 7.89. The van der Waals surface area contributed by atoms with Gasteiger partial charge in [-0.1, -0.05) is 0 Å². The molecule has 0 aromatic carbocycles. The Hall–Kier alpha value is -1.93. The van der Waals surface area contributed by atoms with Crippen LogP contribution in [0.5, 0.6) is 0 Å². The Morgan fingerprint density at radius 2 is 1.65 bits per heavy atom. The van der Waals surface area contributed by atoms with Gasteiger partial charge < -0.3 is 25.0 Å². The zero-order valence-corrected chi connectivity index (χ0v) is 14.4. The molecule has 0 atom stereocenters. The molecule has 1 aromatic rings. The van der Waals surface area contributed by atoms with Gasteiger partial charge in [-0.3, -0.25) is 4.79 Å². The largest absolute Gasteiger partial charge is 0.383 e. The maximum absolute atomic E-state index is 11.6. The van der Waals surface area contributed by atoms with Gasteiger partial charge in [0.2, 0.25) is 5.95 Å². The van der Waals surface area contributed by atoms with Crippen molar-refractivity contribution in [2.75, 3.05) is 63.4 Å².